The van der Waals surface area contributed by atoms with Gasteiger partial charge in [-0.1, -0.05) is 37.3 Å². The lowest BCUT2D eigenvalue weighted by molar-refractivity contribution is 0.139. The van der Waals surface area contributed by atoms with Crippen molar-refractivity contribution in [3.05, 3.63) is 66.3 Å². The summed E-state index contributed by atoms with van der Waals surface area (Å²) in [6.07, 6.45) is 5.86. The van der Waals surface area contributed by atoms with Crippen LogP contribution < -0.4 is 0 Å². The van der Waals surface area contributed by atoms with Crippen molar-refractivity contribution in [1.82, 2.24) is 20.1 Å². The molecule has 1 aliphatic heterocycles. The zero-order valence-corrected chi connectivity index (χ0v) is 14.4. The van der Waals surface area contributed by atoms with Crippen molar-refractivity contribution in [2.75, 3.05) is 13.1 Å². The highest BCUT2D eigenvalue weighted by Crippen LogP contribution is 2.34. The lowest BCUT2D eigenvalue weighted by Gasteiger charge is -2.40. The summed E-state index contributed by atoms with van der Waals surface area (Å²) in [5, 5.41) is 8.38. The van der Waals surface area contributed by atoms with Crippen LogP contribution in [0.3, 0.4) is 0 Å². The molecule has 1 fully saturated rings. The highest BCUT2D eigenvalue weighted by atomic mass is 16.4. The number of rotatable bonds is 4. The maximum atomic E-state index is 5.84. The second-order valence-electron chi connectivity index (χ2n) is 6.98. The summed E-state index contributed by atoms with van der Waals surface area (Å²) in [5.74, 6) is 1.20. The van der Waals surface area contributed by atoms with Gasteiger partial charge in [0.05, 0.1) is 12.1 Å². The molecule has 0 aliphatic carbocycles. The molecule has 3 heterocycles. The maximum absolute atomic E-state index is 5.84. The van der Waals surface area contributed by atoms with E-state index in [0.717, 1.165) is 18.7 Å². The SMILES string of the molecule is CC1(c2ccccc2)CCCN(Cc2nnc(-c3cccnc3)o2)C1. The van der Waals surface area contributed by atoms with Crippen LogP contribution >= 0.6 is 0 Å². The summed E-state index contributed by atoms with van der Waals surface area (Å²) in [4.78, 5) is 6.51. The van der Waals surface area contributed by atoms with Gasteiger partial charge in [0, 0.05) is 24.4 Å². The van der Waals surface area contributed by atoms with Gasteiger partial charge in [-0.3, -0.25) is 9.88 Å². The van der Waals surface area contributed by atoms with Gasteiger partial charge in [-0.25, -0.2) is 0 Å². The second-order valence-corrected chi connectivity index (χ2v) is 6.98. The van der Waals surface area contributed by atoms with E-state index in [9.17, 15) is 0 Å². The molecular formula is C20H22N4O. The summed E-state index contributed by atoms with van der Waals surface area (Å²) in [5.41, 5.74) is 2.43. The van der Waals surface area contributed by atoms with Crippen LogP contribution in [-0.4, -0.2) is 33.2 Å². The molecule has 1 unspecified atom stereocenters. The Hall–Kier alpha value is -2.53. The van der Waals surface area contributed by atoms with Crippen LogP contribution in [0, 0.1) is 0 Å². The van der Waals surface area contributed by atoms with E-state index in [0.29, 0.717) is 18.3 Å². The van der Waals surface area contributed by atoms with Crippen LogP contribution in [0.1, 0.15) is 31.2 Å². The zero-order valence-electron chi connectivity index (χ0n) is 14.4. The van der Waals surface area contributed by atoms with Gasteiger partial charge in [-0.05, 0) is 37.1 Å². The Morgan fingerprint density at radius 2 is 2.00 bits per heavy atom. The van der Waals surface area contributed by atoms with Crippen LogP contribution in [0.15, 0.2) is 59.3 Å². The number of aromatic nitrogens is 3. The number of hydrogen-bond donors (Lipinski definition) is 0. The highest BCUT2D eigenvalue weighted by Gasteiger charge is 2.33. The first-order chi connectivity index (χ1) is 12.2. The van der Waals surface area contributed by atoms with Crippen LogP contribution in [0.4, 0.5) is 0 Å². The van der Waals surface area contributed by atoms with E-state index in [1.54, 1.807) is 12.4 Å². The van der Waals surface area contributed by atoms with Gasteiger partial charge in [0.15, 0.2) is 0 Å². The van der Waals surface area contributed by atoms with Gasteiger partial charge in [-0.2, -0.15) is 0 Å². The lowest BCUT2D eigenvalue weighted by Crippen LogP contribution is -2.43. The molecule has 0 bridgehead atoms. The lowest BCUT2D eigenvalue weighted by atomic mass is 9.76. The summed E-state index contributed by atoms with van der Waals surface area (Å²) in [7, 11) is 0. The maximum Gasteiger partial charge on any atom is 0.249 e. The standard InChI is InChI=1S/C20H22N4O/c1-20(17-8-3-2-4-9-17)10-6-12-24(15-20)14-18-22-23-19(25-18)16-7-5-11-21-13-16/h2-5,7-9,11,13H,6,10,12,14-15H2,1H3. The molecule has 5 nitrogen and oxygen atoms in total. The average Bonchev–Trinajstić information content (AvgIpc) is 3.12. The van der Waals surface area contributed by atoms with Gasteiger partial charge in [0.1, 0.15) is 0 Å². The van der Waals surface area contributed by atoms with Crippen LogP contribution in [0.5, 0.6) is 0 Å². The molecule has 2 aromatic heterocycles. The summed E-state index contributed by atoms with van der Waals surface area (Å²) >= 11 is 0. The minimum Gasteiger partial charge on any atom is -0.419 e. The van der Waals surface area contributed by atoms with Crippen LogP contribution in [0.2, 0.25) is 0 Å². The molecule has 128 valence electrons. The van der Waals surface area contributed by atoms with Crippen LogP contribution in [-0.2, 0) is 12.0 Å². The third kappa shape index (κ3) is 3.46. The number of piperidine rings is 1. The third-order valence-corrected chi connectivity index (χ3v) is 4.98. The van der Waals surface area contributed by atoms with Crippen molar-refractivity contribution >= 4 is 0 Å². The number of likely N-dealkylation sites (tertiary alicyclic amines) is 1. The molecule has 0 amide bonds. The van der Waals surface area contributed by atoms with Crippen molar-refractivity contribution in [3.63, 3.8) is 0 Å². The van der Waals surface area contributed by atoms with Crippen molar-refractivity contribution in [2.45, 2.75) is 31.7 Å². The molecule has 1 aromatic carbocycles. The first kappa shape index (κ1) is 16.0. The summed E-state index contributed by atoms with van der Waals surface area (Å²) in [6.45, 7) is 5.10. The number of nitrogens with zero attached hydrogens (tertiary/aromatic N) is 4. The number of pyridine rings is 1. The number of benzene rings is 1. The van der Waals surface area contributed by atoms with Crippen molar-refractivity contribution < 1.29 is 4.42 Å². The fourth-order valence-electron chi connectivity index (χ4n) is 3.67. The quantitative estimate of drug-likeness (QED) is 0.728. The Morgan fingerprint density at radius 1 is 1.12 bits per heavy atom. The van der Waals surface area contributed by atoms with Crippen molar-refractivity contribution in [3.8, 4) is 11.5 Å². The van der Waals surface area contributed by atoms with Gasteiger partial charge >= 0.3 is 0 Å². The van der Waals surface area contributed by atoms with E-state index in [1.165, 1.54) is 18.4 Å². The fraction of sp³-hybridized carbons (Fsp3) is 0.350. The first-order valence-corrected chi connectivity index (χ1v) is 8.74. The minimum atomic E-state index is 0.172. The molecule has 1 atom stereocenters. The molecule has 0 spiro atoms. The number of hydrogen-bond acceptors (Lipinski definition) is 5. The summed E-state index contributed by atoms with van der Waals surface area (Å²) < 4.78 is 5.84. The highest BCUT2D eigenvalue weighted by molar-refractivity contribution is 5.49. The minimum absolute atomic E-state index is 0.172. The first-order valence-electron chi connectivity index (χ1n) is 8.74. The molecule has 25 heavy (non-hydrogen) atoms. The van der Waals surface area contributed by atoms with E-state index >= 15 is 0 Å². The molecule has 3 aromatic rings. The van der Waals surface area contributed by atoms with Gasteiger partial charge in [0.25, 0.3) is 0 Å². The van der Waals surface area contributed by atoms with E-state index in [-0.39, 0.29) is 5.41 Å². The topological polar surface area (TPSA) is 55.1 Å². The van der Waals surface area contributed by atoms with E-state index in [4.69, 9.17) is 4.42 Å². The molecule has 4 rings (SSSR count). The van der Waals surface area contributed by atoms with E-state index in [1.807, 2.05) is 12.1 Å². The third-order valence-electron chi connectivity index (χ3n) is 4.98. The Kier molecular flexibility index (Phi) is 4.32. The normalized spacial score (nSPS) is 21.3. The fourth-order valence-corrected chi connectivity index (χ4v) is 3.67. The molecule has 1 aliphatic rings. The molecule has 5 heteroatoms. The average molecular weight is 334 g/mol. The van der Waals surface area contributed by atoms with E-state index < -0.39 is 0 Å². The smallest absolute Gasteiger partial charge is 0.249 e. The van der Waals surface area contributed by atoms with Crippen molar-refractivity contribution in [1.29, 1.82) is 0 Å². The molecule has 0 N–H and O–H groups in total. The molecule has 0 radical (unpaired) electrons. The predicted molar refractivity (Wildman–Crippen MR) is 95.8 cm³/mol. The largest absolute Gasteiger partial charge is 0.419 e. The molecular weight excluding hydrogens is 312 g/mol. The summed E-state index contributed by atoms with van der Waals surface area (Å²) in [6, 6.07) is 14.6. The van der Waals surface area contributed by atoms with Crippen LogP contribution in [0.25, 0.3) is 11.5 Å². The second kappa shape index (κ2) is 6.76. The van der Waals surface area contributed by atoms with Gasteiger partial charge < -0.3 is 4.42 Å². The zero-order chi connectivity index (χ0) is 17.1. The van der Waals surface area contributed by atoms with E-state index in [2.05, 4.69) is 57.3 Å². The Bertz CT molecular complexity index is 818. The monoisotopic (exact) mass is 334 g/mol. The molecule has 0 saturated carbocycles. The Balaban J connectivity index is 1.47. The Morgan fingerprint density at radius 3 is 2.80 bits per heavy atom. The van der Waals surface area contributed by atoms with Gasteiger partial charge in [0.2, 0.25) is 11.8 Å². The van der Waals surface area contributed by atoms with Gasteiger partial charge in [-0.15, -0.1) is 10.2 Å². The van der Waals surface area contributed by atoms with Crippen molar-refractivity contribution in [2.24, 2.45) is 0 Å². The Labute approximate surface area is 147 Å². The molecule has 1 saturated heterocycles. The predicted octanol–water partition coefficient (Wildman–Crippen LogP) is 3.69.